The van der Waals surface area contributed by atoms with Crippen molar-refractivity contribution >= 4 is 32.7 Å². The Morgan fingerprint density at radius 2 is 2.20 bits per heavy atom. The number of carbonyl (C=O) groups is 1. The molecule has 0 aliphatic heterocycles. The monoisotopic (exact) mass is 267 g/mol. The lowest BCUT2D eigenvalue weighted by Crippen LogP contribution is -2.21. The van der Waals surface area contributed by atoms with Crippen molar-refractivity contribution in [3.63, 3.8) is 0 Å². The fraction of sp³-hybridized carbons (Fsp3) is 0.200. The van der Waals surface area contributed by atoms with E-state index in [1.807, 2.05) is 12.1 Å². The molecule has 2 rings (SSSR count). The largest absolute Gasteiger partial charge is 0.349 e. The Kier molecular flexibility index (Phi) is 2.48. The average Bonchev–Trinajstić information content (AvgIpc) is 2.58. The highest BCUT2D eigenvalue weighted by Gasteiger charge is 2.11. The third-order valence-electron chi connectivity index (χ3n) is 2.11. The number of rotatable bonds is 1. The van der Waals surface area contributed by atoms with Crippen LogP contribution in [0.4, 0.5) is 0 Å². The molecule has 0 spiro atoms. The Labute approximate surface area is 95.4 Å². The van der Waals surface area contributed by atoms with E-state index in [0.717, 1.165) is 15.5 Å². The number of hydrogen-bond donors (Lipinski definition) is 1. The zero-order chi connectivity index (χ0) is 11.0. The molecule has 15 heavy (non-hydrogen) atoms. The summed E-state index contributed by atoms with van der Waals surface area (Å²) >= 11 is 3.29. The first kappa shape index (κ1) is 10.2. The molecular formula is C10H10BrN3O. The number of nitrogens with zero attached hydrogens (tertiary/aromatic N) is 2. The third-order valence-corrected chi connectivity index (χ3v) is 2.54. The van der Waals surface area contributed by atoms with E-state index in [2.05, 4.69) is 25.9 Å². The third kappa shape index (κ3) is 1.87. The molecule has 0 unspecified atom stereocenters. The molecule has 0 aliphatic rings. The van der Waals surface area contributed by atoms with Crippen LogP contribution >= 0.6 is 15.9 Å². The van der Waals surface area contributed by atoms with E-state index in [9.17, 15) is 4.79 Å². The number of hydrogen-bond acceptors (Lipinski definition) is 2. The maximum atomic E-state index is 11.7. The highest BCUT2D eigenvalue weighted by atomic mass is 79.9. The highest BCUT2D eigenvalue weighted by Crippen LogP contribution is 2.18. The summed E-state index contributed by atoms with van der Waals surface area (Å²) in [4.78, 5) is 20.3. The summed E-state index contributed by atoms with van der Waals surface area (Å²) in [5, 5.41) is 0.974. The van der Waals surface area contributed by atoms with Crippen LogP contribution in [0.25, 0.3) is 10.9 Å². The summed E-state index contributed by atoms with van der Waals surface area (Å²) in [6.45, 7) is 0. The van der Waals surface area contributed by atoms with E-state index in [0.29, 0.717) is 5.69 Å². The predicted molar refractivity (Wildman–Crippen MR) is 61.8 cm³/mol. The summed E-state index contributed by atoms with van der Waals surface area (Å²) in [7, 11) is 3.45. The van der Waals surface area contributed by atoms with Gasteiger partial charge in [0.25, 0.3) is 5.91 Å². The number of aromatic nitrogens is 2. The fourth-order valence-electron chi connectivity index (χ4n) is 1.36. The Hall–Kier alpha value is -1.36. The van der Waals surface area contributed by atoms with E-state index in [1.54, 1.807) is 20.3 Å². The molecular weight excluding hydrogens is 258 g/mol. The fourth-order valence-corrected chi connectivity index (χ4v) is 1.71. The van der Waals surface area contributed by atoms with Crippen molar-refractivity contribution in [2.75, 3.05) is 14.1 Å². The number of fused-ring (bicyclic) bond motifs is 1. The first-order valence-corrected chi connectivity index (χ1v) is 5.23. The van der Waals surface area contributed by atoms with Crippen LogP contribution < -0.4 is 0 Å². The quantitative estimate of drug-likeness (QED) is 0.804. The minimum atomic E-state index is -0.0395. The normalized spacial score (nSPS) is 10.6. The molecule has 0 bridgehead atoms. The van der Waals surface area contributed by atoms with E-state index in [1.165, 1.54) is 4.90 Å². The lowest BCUT2D eigenvalue weighted by molar-refractivity contribution is 0.0823. The maximum absolute atomic E-state index is 11.7. The first-order valence-electron chi connectivity index (χ1n) is 4.44. The molecule has 0 radical (unpaired) electrons. The molecule has 0 aromatic carbocycles. The van der Waals surface area contributed by atoms with Gasteiger partial charge in [0.05, 0.1) is 11.7 Å². The van der Waals surface area contributed by atoms with Crippen molar-refractivity contribution in [3.8, 4) is 0 Å². The summed E-state index contributed by atoms with van der Waals surface area (Å²) in [5.74, 6) is -0.0395. The number of carbonyl (C=O) groups excluding carboxylic acids is 1. The second kappa shape index (κ2) is 3.66. The zero-order valence-corrected chi connectivity index (χ0v) is 10.00. The first-order chi connectivity index (χ1) is 7.08. The Morgan fingerprint density at radius 3 is 2.87 bits per heavy atom. The van der Waals surface area contributed by atoms with Crippen LogP contribution in [0.1, 0.15) is 10.5 Å². The predicted octanol–water partition coefficient (Wildman–Crippen LogP) is 2.03. The number of nitrogens with one attached hydrogen (secondary N) is 1. The lowest BCUT2D eigenvalue weighted by atomic mass is 10.3. The SMILES string of the molecule is CN(C)C(=O)c1cc2cc(Br)ncc2[nH]1. The van der Waals surface area contributed by atoms with Crippen LogP contribution in [0.3, 0.4) is 0 Å². The highest BCUT2D eigenvalue weighted by molar-refractivity contribution is 9.10. The minimum Gasteiger partial charge on any atom is -0.349 e. The van der Waals surface area contributed by atoms with Crippen LogP contribution in [0.5, 0.6) is 0 Å². The second-order valence-corrected chi connectivity index (χ2v) is 4.29. The van der Waals surface area contributed by atoms with E-state index in [4.69, 9.17) is 0 Å². The maximum Gasteiger partial charge on any atom is 0.269 e. The van der Waals surface area contributed by atoms with Gasteiger partial charge in [0.15, 0.2) is 0 Å². The van der Waals surface area contributed by atoms with Crippen LogP contribution in [0.2, 0.25) is 0 Å². The van der Waals surface area contributed by atoms with Crippen LogP contribution in [0, 0.1) is 0 Å². The van der Waals surface area contributed by atoms with E-state index >= 15 is 0 Å². The van der Waals surface area contributed by atoms with E-state index in [-0.39, 0.29) is 5.91 Å². The van der Waals surface area contributed by atoms with Gasteiger partial charge in [-0.25, -0.2) is 4.98 Å². The number of amides is 1. The van der Waals surface area contributed by atoms with E-state index < -0.39 is 0 Å². The molecule has 4 nitrogen and oxygen atoms in total. The van der Waals surface area contributed by atoms with Crippen LogP contribution in [0.15, 0.2) is 22.9 Å². The van der Waals surface area contributed by atoms with Gasteiger partial charge in [0, 0.05) is 19.5 Å². The summed E-state index contributed by atoms with van der Waals surface area (Å²) < 4.78 is 0.762. The molecule has 2 aromatic rings. The van der Waals surface area contributed by atoms with Gasteiger partial charge in [-0.2, -0.15) is 0 Å². The zero-order valence-electron chi connectivity index (χ0n) is 8.41. The van der Waals surface area contributed by atoms with Crippen molar-refractivity contribution in [2.45, 2.75) is 0 Å². The number of H-pyrrole nitrogens is 1. The van der Waals surface area contributed by atoms with Gasteiger partial charge in [-0.05, 0) is 28.1 Å². The van der Waals surface area contributed by atoms with Crippen molar-refractivity contribution in [3.05, 3.63) is 28.6 Å². The van der Waals surface area contributed by atoms with Crippen molar-refractivity contribution in [1.82, 2.24) is 14.9 Å². The van der Waals surface area contributed by atoms with Crippen molar-refractivity contribution < 1.29 is 4.79 Å². The molecule has 0 aliphatic carbocycles. The van der Waals surface area contributed by atoms with Crippen molar-refractivity contribution in [2.24, 2.45) is 0 Å². The van der Waals surface area contributed by atoms with Crippen LogP contribution in [-0.2, 0) is 0 Å². The number of halogens is 1. The Bertz CT molecular complexity index is 518. The van der Waals surface area contributed by atoms with Gasteiger partial charge in [0.1, 0.15) is 10.3 Å². The summed E-state index contributed by atoms with van der Waals surface area (Å²) in [6, 6.07) is 3.70. The van der Waals surface area contributed by atoms with Gasteiger partial charge in [-0.1, -0.05) is 0 Å². The molecule has 0 fully saturated rings. The average molecular weight is 268 g/mol. The van der Waals surface area contributed by atoms with Gasteiger partial charge in [0.2, 0.25) is 0 Å². The molecule has 5 heteroatoms. The second-order valence-electron chi connectivity index (χ2n) is 3.48. The Balaban J connectivity index is 2.52. The molecule has 1 amide bonds. The number of pyridine rings is 1. The number of aromatic amines is 1. The smallest absolute Gasteiger partial charge is 0.269 e. The minimum absolute atomic E-state index is 0.0395. The standard InChI is InChI=1S/C10H10BrN3O/c1-14(2)10(15)7-3-6-4-9(11)12-5-8(6)13-7/h3-5,13H,1-2H3. The summed E-state index contributed by atoms with van der Waals surface area (Å²) in [5.41, 5.74) is 1.44. The van der Waals surface area contributed by atoms with Crippen molar-refractivity contribution in [1.29, 1.82) is 0 Å². The molecule has 0 saturated heterocycles. The molecule has 0 atom stereocenters. The van der Waals surface area contributed by atoms with Gasteiger partial charge in [-0.15, -0.1) is 0 Å². The molecule has 1 N–H and O–H groups in total. The summed E-state index contributed by atoms with van der Waals surface area (Å²) in [6.07, 6.45) is 1.70. The Morgan fingerprint density at radius 1 is 1.47 bits per heavy atom. The molecule has 78 valence electrons. The van der Waals surface area contributed by atoms with Gasteiger partial charge >= 0.3 is 0 Å². The van der Waals surface area contributed by atoms with Gasteiger partial charge in [-0.3, -0.25) is 4.79 Å². The van der Waals surface area contributed by atoms with Gasteiger partial charge < -0.3 is 9.88 Å². The molecule has 0 saturated carbocycles. The topological polar surface area (TPSA) is 49.0 Å². The molecule has 2 heterocycles. The lowest BCUT2D eigenvalue weighted by Gasteiger charge is -2.07. The molecule has 2 aromatic heterocycles. The van der Waals surface area contributed by atoms with Crippen LogP contribution in [-0.4, -0.2) is 34.9 Å².